The zero-order chi connectivity index (χ0) is 15.9. The predicted octanol–water partition coefficient (Wildman–Crippen LogP) is 3.71. The van der Waals surface area contributed by atoms with Crippen molar-refractivity contribution in [2.45, 2.75) is 13.0 Å². The van der Waals surface area contributed by atoms with Crippen molar-refractivity contribution < 1.29 is 14.3 Å². The molecule has 0 fully saturated rings. The number of carbonyl (C=O) groups is 1. The number of rotatable bonds is 6. The van der Waals surface area contributed by atoms with Crippen LogP contribution >= 0.6 is 15.9 Å². The van der Waals surface area contributed by atoms with Crippen molar-refractivity contribution in [3.63, 3.8) is 0 Å². The van der Waals surface area contributed by atoms with E-state index >= 15 is 0 Å². The van der Waals surface area contributed by atoms with Crippen LogP contribution in [0.4, 0.5) is 0 Å². The van der Waals surface area contributed by atoms with Crippen LogP contribution in [-0.4, -0.2) is 19.6 Å². The van der Waals surface area contributed by atoms with Gasteiger partial charge in [0.2, 0.25) is 0 Å². The Morgan fingerprint density at radius 3 is 2.41 bits per heavy atom. The Hall–Kier alpha value is -2.01. The zero-order valence-corrected chi connectivity index (χ0v) is 14.1. The molecule has 0 radical (unpaired) electrons. The van der Waals surface area contributed by atoms with E-state index in [-0.39, 0.29) is 18.6 Å². The van der Waals surface area contributed by atoms with Gasteiger partial charge in [0.1, 0.15) is 11.5 Å². The van der Waals surface area contributed by atoms with E-state index in [9.17, 15) is 4.79 Å². The molecule has 1 N–H and O–H groups in total. The fourth-order valence-corrected chi connectivity index (χ4v) is 2.64. The van der Waals surface area contributed by atoms with Gasteiger partial charge in [0.15, 0.2) is 6.61 Å². The predicted molar refractivity (Wildman–Crippen MR) is 89.2 cm³/mol. The topological polar surface area (TPSA) is 47.6 Å². The highest BCUT2D eigenvalue weighted by Gasteiger charge is 2.12. The fraction of sp³-hybridized carbons (Fsp3) is 0.235. The summed E-state index contributed by atoms with van der Waals surface area (Å²) in [6.07, 6.45) is 0. The van der Waals surface area contributed by atoms with Crippen LogP contribution in [0.5, 0.6) is 11.5 Å². The van der Waals surface area contributed by atoms with Gasteiger partial charge in [-0.3, -0.25) is 4.79 Å². The summed E-state index contributed by atoms with van der Waals surface area (Å²) in [4.78, 5) is 12.0. The van der Waals surface area contributed by atoms with E-state index in [4.69, 9.17) is 9.47 Å². The van der Waals surface area contributed by atoms with Crippen molar-refractivity contribution in [2.24, 2.45) is 0 Å². The minimum absolute atomic E-state index is 0.0267. The van der Waals surface area contributed by atoms with E-state index in [0.29, 0.717) is 5.75 Å². The molecular formula is C17H18BrNO3. The molecule has 0 saturated heterocycles. The van der Waals surface area contributed by atoms with Gasteiger partial charge in [0, 0.05) is 4.47 Å². The highest BCUT2D eigenvalue weighted by Crippen LogP contribution is 2.22. The summed E-state index contributed by atoms with van der Waals surface area (Å²) in [5, 5.41) is 2.91. The van der Waals surface area contributed by atoms with E-state index in [1.807, 2.05) is 31.2 Å². The average molecular weight is 364 g/mol. The third kappa shape index (κ3) is 4.49. The maximum Gasteiger partial charge on any atom is 0.258 e. The fourth-order valence-electron chi connectivity index (χ4n) is 2.01. The number of hydrogen-bond donors (Lipinski definition) is 1. The number of carbonyl (C=O) groups excluding carboxylic acids is 1. The first-order valence-electron chi connectivity index (χ1n) is 6.91. The molecule has 4 nitrogen and oxygen atoms in total. The molecule has 0 spiro atoms. The number of amides is 1. The lowest BCUT2D eigenvalue weighted by atomic mass is 10.1. The first-order chi connectivity index (χ1) is 10.6. The van der Waals surface area contributed by atoms with Gasteiger partial charge >= 0.3 is 0 Å². The Kier molecular flexibility index (Phi) is 5.83. The van der Waals surface area contributed by atoms with Crippen LogP contribution in [0.2, 0.25) is 0 Å². The van der Waals surface area contributed by atoms with Crippen LogP contribution in [0.1, 0.15) is 18.5 Å². The van der Waals surface area contributed by atoms with Gasteiger partial charge in [-0.25, -0.2) is 0 Å². The van der Waals surface area contributed by atoms with Crippen LogP contribution in [-0.2, 0) is 4.79 Å². The van der Waals surface area contributed by atoms with Gasteiger partial charge < -0.3 is 14.8 Å². The largest absolute Gasteiger partial charge is 0.497 e. The Morgan fingerprint density at radius 2 is 1.77 bits per heavy atom. The number of benzene rings is 2. The molecule has 1 atom stereocenters. The molecule has 0 aromatic heterocycles. The van der Waals surface area contributed by atoms with Crippen molar-refractivity contribution in [3.05, 3.63) is 58.6 Å². The summed E-state index contributed by atoms with van der Waals surface area (Å²) < 4.78 is 11.5. The SMILES string of the molecule is COc1ccc(OCC(=O)NC(C)c2ccccc2Br)cc1. The van der Waals surface area contributed by atoms with E-state index in [1.54, 1.807) is 31.4 Å². The highest BCUT2D eigenvalue weighted by molar-refractivity contribution is 9.10. The molecule has 0 bridgehead atoms. The van der Waals surface area contributed by atoms with Crippen molar-refractivity contribution in [3.8, 4) is 11.5 Å². The van der Waals surface area contributed by atoms with E-state index < -0.39 is 0 Å². The van der Waals surface area contributed by atoms with Gasteiger partial charge in [0.05, 0.1) is 13.2 Å². The van der Waals surface area contributed by atoms with Crippen molar-refractivity contribution in [1.82, 2.24) is 5.32 Å². The first kappa shape index (κ1) is 16.4. The van der Waals surface area contributed by atoms with E-state index in [0.717, 1.165) is 15.8 Å². The summed E-state index contributed by atoms with van der Waals surface area (Å²) in [5.74, 6) is 1.21. The summed E-state index contributed by atoms with van der Waals surface area (Å²) in [6.45, 7) is 1.91. The Bertz CT molecular complexity index is 628. The molecule has 2 aromatic rings. The average Bonchev–Trinajstić information content (AvgIpc) is 2.53. The standard InChI is InChI=1S/C17H18BrNO3/c1-12(15-5-3-4-6-16(15)18)19-17(20)11-22-14-9-7-13(21-2)8-10-14/h3-10,12H,11H2,1-2H3,(H,19,20). The molecule has 0 saturated carbocycles. The smallest absolute Gasteiger partial charge is 0.258 e. The second-order valence-electron chi connectivity index (χ2n) is 4.77. The molecule has 1 unspecified atom stereocenters. The van der Waals surface area contributed by atoms with Crippen molar-refractivity contribution in [2.75, 3.05) is 13.7 Å². The number of methoxy groups -OCH3 is 1. The molecule has 0 heterocycles. The lowest BCUT2D eigenvalue weighted by Crippen LogP contribution is -2.31. The first-order valence-corrected chi connectivity index (χ1v) is 7.70. The molecule has 2 rings (SSSR count). The van der Waals surface area contributed by atoms with Crippen LogP contribution in [0.3, 0.4) is 0 Å². The highest BCUT2D eigenvalue weighted by atomic mass is 79.9. The molecule has 0 aliphatic rings. The minimum atomic E-state index is -0.168. The van der Waals surface area contributed by atoms with Gasteiger partial charge in [0.25, 0.3) is 5.91 Å². The summed E-state index contributed by atoms with van der Waals surface area (Å²) >= 11 is 3.48. The van der Waals surface area contributed by atoms with Gasteiger partial charge in [-0.1, -0.05) is 34.1 Å². The number of hydrogen-bond acceptors (Lipinski definition) is 3. The molecule has 0 aliphatic carbocycles. The van der Waals surface area contributed by atoms with Gasteiger partial charge in [-0.15, -0.1) is 0 Å². The second-order valence-corrected chi connectivity index (χ2v) is 5.63. The lowest BCUT2D eigenvalue weighted by molar-refractivity contribution is -0.123. The molecule has 22 heavy (non-hydrogen) atoms. The van der Waals surface area contributed by atoms with Crippen LogP contribution in [0.15, 0.2) is 53.0 Å². The second kappa shape index (κ2) is 7.84. The maximum absolute atomic E-state index is 12.0. The Morgan fingerprint density at radius 1 is 1.14 bits per heavy atom. The van der Waals surface area contributed by atoms with Crippen LogP contribution in [0, 0.1) is 0 Å². The number of nitrogens with one attached hydrogen (secondary N) is 1. The zero-order valence-electron chi connectivity index (χ0n) is 12.5. The van der Waals surface area contributed by atoms with E-state index in [1.165, 1.54) is 0 Å². The summed E-state index contributed by atoms with van der Waals surface area (Å²) in [5.41, 5.74) is 1.03. The van der Waals surface area contributed by atoms with E-state index in [2.05, 4.69) is 21.2 Å². The molecular weight excluding hydrogens is 346 g/mol. The monoisotopic (exact) mass is 363 g/mol. The number of halogens is 1. The Balaban J connectivity index is 1.86. The summed E-state index contributed by atoms with van der Waals surface area (Å²) in [6, 6.07) is 14.8. The van der Waals surface area contributed by atoms with Crippen molar-refractivity contribution in [1.29, 1.82) is 0 Å². The van der Waals surface area contributed by atoms with Crippen LogP contribution < -0.4 is 14.8 Å². The molecule has 2 aromatic carbocycles. The van der Waals surface area contributed by atoms with Crippen LogP contribution in [0.25, 0.3) is 0 Å². The lowest BCUT2D eigenvalue weighted by Gasteiger charge is -2.16. The quantitative estimate of drug-likeness (QED) is 0.850. The molecule has 1 amide bonds. The maximum atomic E-state index is 12.0. The Labute approximate surface area is 138 Å². The van der Waals surface area contributed by atoms with Gasteiger partial charge in [-0.2, -0.15) is 0 Å². The molecule has 0 aliphatic heterocycles. The molecule has 5 heteroatoms. The molecule has 116 valence electrons. The number of ether oxygens (including phenoxy) is 2. The normalized spacial score (nSPS) is 11.6. The van der Waals surface area contributed by atoms with Crippen molar-refractivity contribution >= 4 is 21.8 Å². The third-order valence-electron chi connectivity index (χ3n) is 3.18. The third-order valence-corrected chi connectivity index (χ3v) is 3.90. The summed E-state index contributed by atoms with van der Waals surface area (Å²) in [7, 11) is 1.60. The van der Waals surface area contributed by atoms with Gasteiger partial charge in [-0.05, 0) is 42.8 Å². The minimum Gasteiger partial charge on any atom is -0.497 e.